The molecular formula is C18H22N2O2. The third-order valence-corrected chi connectivity index (χ3v) is 3.38. The molecule has 1 aliphatic rings. The van der Waals surface area contributed by atoms with Gasteiger partial charge in [0, 0.05) is 12.8 Å². The van der Waals surface area contributed by atoms with E-state index in [4.69, 9.17) is 4.74 Å². The molecule has 4 heteroatoms. The van der Waals surface area contributed by atoms with Crippen LogP contribution >= 0.6 is 0 Å². The summed E-state index contributed by atoms with van der Waals surface area (Å²) in [6.07, 6.45) is 11.4. The topological polar surface area (TPSA) is 51.0 Å². The molecule has 1 aliphatic carbocycles. The van der Waals surface area contributed by atoms with Gasteiger partial charge in [0.25, 0.3) is 0 Å². The highest BCUT2D eigenvalue weighted by Crippen LogP contribution is 2.27. The SMILES string of the molecule is CCCCCC(=O)OC1(N=Nc2ccccc2)C=CC=CC1. The Bertz CT molecular complexity index is 564. The average Bonchev–Trinajstić information content (AvgIpc) is 2.55. The molecule has 1 atom stereocenters. The van der Waals surface area contributed by atoms with Crippen LogP contribution in [0.25, 0.3) is 0 Å². The smallest absolute Gasteiger partial charge is 0.308 e. The van der Waals surface area contributed by atoms with Crippen molar-refractivity contribution >= 4 is 11.7 Å². The standard InChI is InChI=1S/C18H22N2O2/c1-2-3-6-13-17(21)22-18(14-9-5-10-15-18)20-19-16-11-7-4-8-12-16/h4-5,7-12,14H,2-3,6,13,15H2,1H3. The number of ether oxygens (including phenoxy) is 1. The van der Waals surface area contributed by atoms with Crippen molar-refractivity contribution in [2.45, 2.75) is 44.8 Å². The van der Waals surface area contributed by atoms with Crippen molar-refractivity contribution in [1.82, 2.24) is 0 Å². The Hall–Kier alpha value is -2.23. The Morgan fingerprint density at radius 1 is 1.23 bits per heavy atom. The lowest BCUT2D eigenvalue weighted by molar-refractivity contribution is -0.155. The number of allylic oxidation sites excluding steroid dienone is 2. The summed E-state index contributed by atoms with van der Waals surface area (Å²) in [4.78, 5) is 12.0. The van der Waals surface area contributed by atoms with Gasteiger partial charge >= 0.3 is 5.97 Å². The Balaban J connectivity index is 2.05. The molecule has 0 aliphatic heterocycles. The van der Waals surface area contributed by atoms with Crippen LogP contribution in [0.2, 0.25) is 0 Å². The number of azo groups is 1. The first-order valence-corrected chi connectivity index (χ1v) is 7.78. The van der Waals surface area contributed by atoms with Crippen molar-refractivity contribution in [2.24, 2.45) is 10.2 Å². The number of unbranched alkanes of at least 4 members (excludes halogenated alkanes) is 2. The molecule has 0 radical (unpaired) electrons. The van der Waals surface area contributed by atoms with Crippen LogP contribution in [-0.4, -0.2) is 11.7 Å². The number of carbonyl (C=O) groups excluding carboxylic acids is 1. The van der Waals surface area contributed by atoms with Gasteiger partial charge in [0.05, 0.1) is 5.69 Å². The predicted molar refractivity (Wildman–Crippen MR) is 86.8 cm³/mol. The molecule has 0 heterocycles. The Labute approximate surface area is 131 Å². The van der Waals surface area contributed by atoms with Crippen LogP contribution in [0.4, 0.5) is 5.69 Å². The molecule has 0 N–H and O–H groups in total. The fourth-order valence-electron chi connectivity index (χ4n) is 2.16. The molecule has 0 bridgehead atoms. The molecule has 0 saturated heterocycles. The van der Waals surface area contributed by atoms with Gasteiger partial charge in [-0.15, -0.1) is 5.11 Å². The molecule has 4 nitrogen and oxygen atoms in total. The van der Waals surface area contributed by atoms with Gasteiger partial charge < -0.3 is 4.74 Å². The monoisotopic (exact) mass is 298 g/mol. The van der Waals surface area contributed by atoms with Crippen LogP contribution in [0.3, 0.4) is 0 Å². The molecule has 0 aromatic heterocycles. The van der Waals surface area contributed by atoms with E-state index in [2.05, 4.69) is 17.2 Å². The van der Waals surface area contributed by atoms with Crippen molar-refractivity contribution in [3.8, 4) is 0 Å². The zero-order valence-corrected chi connectivity index (χ0v) is 12.9. The van der Waals surface area contributed by atoms with E-state index in [1.165, 1.54) is 0 Å². The summed E-state index contributed by atoms with van der Waals surface area (Å²) < 4.78 is 5.61. The second kappa shape index (κ2) is 8.27. The van der Waals surface area contributed by atoms with E-state index < -0.39 is 5.72 Å². The van der Waals surface area contributed by atoms with Crippen molar-refractivity contribution in [3.63, 3.8) is 0 Å². The van der Waals surface area contributed by atoms with E-state index in [1.807, 2.05) is 48.6 Å². The number of esters is 1. The van der Waals surface area contributed by atoms with Gasteiger partial charge in [-0.3, -0.25) is 4.79 Å². The van der Waals surface area contributed by atoms with Gasteiger partial charge in [0.1, 0.15) is 0 Å². The van der Waals surface area contributed by atoms with Gasteiger partial charge in [-0.25, -0.2) is 0 Å². The third kappa shape index (κ3) is 4.95. The van der Waals surface area contributed by atoms with Gasteiger partial charge in [0.15, 0.2) is 0 Å². The molecule has 1 aromatic rings. The van der Waals surface area contributed by atoms with Crippen LogP contribution in [0.1, 0.15) is 39.0 Å². The van der Waals surface area contributed by atoms with Crippen LogP contribution in [-0.2, 0) is 9.53 Å². The summed E-state index contributed by atoms with van der Waals surface area (Å²) in [5, 5.41) is 8.51. The van der Waals surface area contributed by atoms with Crippen molar-refractivity contribution in [2.75, 3.05) is 0 Å². The number of hydrogen-bond acceptors (Lipinski definition) is 4. The minimum absolute atomic E-state index is 0.222. The first kappa shape index (κ1) is 16.1. The van der Waals surface area contributed by atoms with Crippen LogP contribution < -0.4 is 0 Å². The summed E-state index contributed by atoms with van der Waals surface area (Å²) in [5.74, 6) is -0.222. The molecular weight excluding hydrogens is 276 g/mol. The normalized spacial score (nSPS) is 20.4. The number of carbonyl (C=O) groups is 1. The van der Waals surface area contributed by atoms with Gasteiger partial charge in [-0.05, 0) is 24.6 Å². The second-order valence-electron chi connectivity index (χ2n) is 5.30. The van der Waals surface area contributed by atoms with Gasteiger partial charge in [-0.1, -0.05) is 56.2 Å². The molecule has 116 valence electrons. The molecule has 2 rings (SSSR count). The third-order valence-electron chi connectivity index (χ3n) is 3.38. The zero-order valence-electron chi connectivity index (χ0n) is 12.9. The Morgan fingerprint density at radius 2 is 2.05 bits per heavy atom. The maximum absolute atomic E-state index is 12.0. The molecule has 1 aromatic carbocycles. The molecule has 0 amide bonds. The summed E-state index contributed by atoms with van der Waals surface area (Å²) in [6, 6.07) is 9.44. The number of benzene rings is 1. The van der Waals surface area contributed by atoms with Gasteiger partial charge in [-0.2, -0.15) is 5.11 Å². The number of rotatable bonds is 7. The average molecular weight is 298 g/mol. The summed E-state index contributed by atoms with van der Waals surface area (Å²) >= 11 is 0. The van der Waals surface area contributed by atoms with Gasteiger partial charge in [0.2, 0.25) is 5.72 Å². The van der Waals surface area contributed by atoms with Crippen LogP contribution in [0, 0.1) is 0 Å². The fourth-order valence-corrected chi connectivity index (χ4v) is 2.16. The predicted octanol–water partition coefficient (Wildman–Crippen LogP) is 5.11. The van der Waals surface area contributed by atoms with E-state index in [1.54, 1.807) is 6.08 Å². The highest BCUT2D eigenvalue weighted by Gasteiger charge is 2.31. The first-order valence-electron chi connectivity index (χ1n) is 7.78. The fraction of sp³-hybridized carbons (Fsp3) is 0.389. The van der Waals surface area contributed by atoms with E-state index in [9.17, 15) is 4.79 Å². The first-order chi connectivity index (χ1) is 10.7. The second-order valence-corrected chi connectivity index (χ2v) is 5.30. The largest absolute Gasteiger partial charge is 0.431 e. The van der Waals surface area contributed by atoms with Crippen LogP contribution in [0.5, 0.6) is 0 Å². The highest BCUT2D eigenvalue weighted by atomic mass is 16.6. The highest BCUT2D eigenvalue weighted by molar-refractivity contribution is 5.70. The molecule has 22 heavy (non-hydrogen) atoms. The zero-order chi connectivity index (χ0) is 15.7. The quantitative estimate of drug-likeness (QED) is 0.399. The van der Waals surface area contributed by atoms with Crippen molar-refractivity contribution in [3.05, 3.63) is 54.6 Å². The molecule has 0 saturated carbocycles. The lowest BCUT2D eigenvalue weighted by Crippen LogP contribution is -2.31. The van der Waals surface area contributed by atoms with Crippen LogP contribution in [0.15, 0.2) is 64.9 Å². The lowest BCUT2D eigenvalue weighted by Gasteiger charge is -2.25. The summed E-state index contributed by atoms with van der Waals surface area (Å²) in [7, 11) is 0. The summed E-state index contributed by atoms with van der Waals surface area (Å²) in [6.45, 7) is 2.11. The Morgan fingerprint density at radius 3 is 2.73 bits per heavy atom. The maximum Gasteiger partial charge on any atom is 0.308 e. The van der Waals surface area contributed by atoms with E-state index in [-0.39, 0.29) is 5.97 Å². The van der Waals surface area contributed by atoms with Crippen molar-refractivity contribution < 1.29 is 9.53 Å². The molecule has 0 fully saturated rings. The maximum atomic E-state index is 12.0. The number of nitrogens with zero attached hydrogens (tertiary/aromatic N) is 2. The van der Waals surface area contributed by atoms with Crippen molar-refractivity contribution in [1.29, 1.82) is 0 Å². The molecule has 1 unspecified atom stereocenters. The Kier molecular flexibility index (Phi) is 6.07. The number of hydrogen-bond donors (Lipinski definition) is 0. The van der Waals surface area contributed by atoms with E-state index in [0.717, 1.165) is 24.9 Å². The minimum Gasteiger partial charge on any atom is -0.431 e. The van der Waals surface area contributed by atoms with E-state index >= 15 is 0 Å². The van der Waals surface area contributed by atoms with E-state index in [0.29, 0.717) is 12.8 Å². The minimum atomic E-state index is -1.01. The summed E-state index contributed by atoms with van der Waals surface area (Å²) in [5.41, 5.74) is -0.264. The lowest BCUT2D eigenvalue weighted by atomic mass is 10.1. The molecule has 0 spiro atoms.